The predicted molar refractivity (Wildman–Crippen MR) is 68.5 cm³/mol. The van der Waals surface area contributed by atoms with E-state index in [0.717, 1.165) is 12.0 Å². The van der Waals surface area contributed by atoms with E-state index in [9.17, 15) is 0 Å². The molecule has 0 aromatic carbocycles. The number of hydrogen-bond acceptors (Lipinski definition) is 2. The summed E-state index contributed by atoms with van der Waals surface area (Å²) in [6.07, 6.45) is 2.85. The molecule has 0 spiro atoms. The van der Waals surface area contributed by atoms with E-state index < -0.39 is 0 Å². The molecular weight excluding hydrogens is 252 g/mol. The lowest BCUT2D eigenvalue weighted by molar-refractivity contribution is 0.238. The zero-order valence-electron chi connectivity index (χ0n) is 10.2. The van der Waals surface area contributed by atoms with Crippen molar-refractivity contribution in [2.24, 2.45) is 11.3 Å². The van der Waals surface area contributed by atoms with Gasteiger partial charge in [-0.15, -0.1) is 0 Å². The van der Waals surface area contributed by atoms with Gasteiger partial charge in [0.2, 0.25) is 0 Å². The standard InChI is InChI=1S/C12H23BrN2/c1-10-6-15(7-11(10)14(2)3)9-12(8-13)4-5-12/h10-11H,4-9H2,1-3H3. The van der Waals surface area contributed by atoms with Crippen LogP contribution in [0.3, 0.4) is 0 Å². The lowest BCUT2D eigenvalue weighted by atomic mass is 10.1. The number of halogens is 1. The van der Waals surface area contributed by atoms with Crippen molar-refractivity contribution in [3.8, 4) is 0 Å². The normalized spacial score (nSPS) is 35.0. The highest BCUT2D eigenvalue weighted by Crippen LogP contribution is 2.48. The Hall–Kier alpha value is 0.400. The van der Waals surface area contributed by atoms with Crippen molar-refractivity contribution in [2.45, 2.75) is 25.8 Å². The maximum atomic E-state index is 3.66. The second-order valence-corrected chi connectivity index (χ2v) is 6.40. The molecule has 1 aliphatic carbocycles. The molecule has 0 bridgehead atoms. The Bertz CT molecular complexity index is 226. The third kappa shape index (κ3) is 2.56. The molecule has 2 aliphatic rings. The van der Waals surface area contributed by atoms with Crippen LogP contribution in [0.15, 0.2) is 0 Å². The van der Waals surface area contributed by atoms with Gasteiger partial charge in [0, 0.05) is 31.0 Å². The van der Waals surface area contributed by atoms with E-state index in [1.807, 2.05) is 0 Å². The van der Waals surface area contributed by atoms with Gasteiger partial charge in [-0.2, -0.15) is 0 Å². The number of hydrogen-bond donors (Lipinski definition) is 0. The average Bonchev–Trinajstić information content (AvgIpc) is 2.84. The summed E-state index contributed by atoms with van der Waals surface area (Å²) in [6, 6.07) is 0.760. The Balaban J connectivity index is 1.86. The highest BCUT2D eigenvalue weighted by atomic mass is 79.9. The van der Waals surface area contributed by atoms with Crippen LogP contribution in [0.5, 0.6) is 0 Å². The molecule has 1 saturated carbocycles. The van der Waals surface area contributed by atoms with Crippen molar-refractivity contribution in [3.05, 3.63) is 0 Å². The van der Waals surface area contributed by atoms with Gasteiger partial charge in [-0.05, 0) is 38.3 Å². The molecule has 2 unspecified atom stereocenters. The fourth-order valence-corrected chi connectivity index (χ4v) is 3.57. The van der Waals surface area contributed by atoms with Crippen LogP contribution in [0.2, 0.25) is 0 Å². The first-order chi connectivity index (χ1) is 7.06. The molecule has 1 heterocycles. The second-order valence-electron chi connectivity index (χ2n) is 5.84. The first kappa shape index (κ1) is 11.9. The SMILES string of the molecule is CC1CN(CC2(CBr)CC2)CC1N(C)C. The molecule has 1 saturated heterocycles. The van der Waals surface area contributed by atoms with Gasteiger partial charge in [-0.1, -0.05) is 22.9 Å². The van der Waals surface area contributed by atoms with Crippen molar-refractivity contribution in [3.63, 3.8) is 0 Å². The minimum atomic E-state index is 0.640. The molecule has 3 heteroatoms. The maximum Gasteiger partial charge on any atom is 0.0254 e. The van der Waals surface area contributed by atoms with Crippen molar-refractivity contribution in [1.82, 2.24) is 9.80 Å². The second kappa shape index (κ2) is 4.34. The highest BCUT2D eigenvalue weighted by Gasteiger charge is 2.44. The molecule has 2 rings (SSSR count). The molecule has 0 N–H and O–H groups in total. The molecule has 0 aromatic rings. The van der Waals surface area contributed by atoms with E-state index in [1.54, 1.807) is 0 Å². The number of likely N-dealkylation sites (tertiary alicyclic amines) is 1. The Labute approximate surface area is 102 Å². The molecule has 2 fully saturated rings. The topological polar surface area (TPSA) is 6.48 Å². The summed E-state index contributed by atoms with van der Waals surface area (Å²) < 4.78 is 0. The third-order valence-electron chi connectivity index (χ3n) is 4.11. The molecule has 2 nitrogen and oxygen atoms in total. The van der Waals surface area contributed by atoms with Crippen LogP contribution >= 0.6 is 15.9 Å². The van der Waals surface area contributed by atoms with Crippen LogP contribution in [0.1, 0.15) is 19.8 Å². The smallest absolute Gasteiger partial charge is 0.0254 e. The maximum absolute atomic E-state index is 3.66. The quantitative estimate of drug-likeness (QED) is 0.724. The molecular formula is C12H23BrN2. The van der Waals surface area contributed by atoms with Crippen LogP contribution in [-0.4, -0.2) is 54.9 Å². The molecule has 0 radical (unpaired) electrons. The Morgan fingerprint density at radius 1 is 1.33 bits per heavy atom. The Morgan fingerprint density at radius 2 is 2.00 bits per heavy atom. The fourth-order valence-electron chi connectivity index (χ4n) is 2.83. The predicted octanol–water partition coefficient (Wildman–Crippen LogP) is 2.04. The number of likely N-dealkylation sites (N-methyl/N-ethyl adjacent to an activating group) is 1. The van der Waals surface area contributed by atoms with Crippen LogP contribution in [-0.2, 0) is 0 Å². The summed E-state index contributed by atoms with van der Waals surface area (Å²) in [5.74, 6) is 0.825. The fraction of sp³-hybridized carbons (Fsp3) is 1.00. The van der Waals surface area contributed by atoms with Gasteiger partial charge in [-0.3, -0.25) is 0 Å². The van der Waals surface area contributed by atoms with E-state index in [4.69, 9.17) is 0 Å². The van der Waals surface area contributed by atoms with E-state index >= 15 is 0 Å². The summed E-state index contributed by atoms with van der Waals surface area (Å²) in [7, 11) is 4.42. The molecule has 15 heavy (non-hydrogen) atoms. The van der Waals surface area contributed by atoms with Crippen LogP contribution in [0.25, 0.3) is 0 Å². The van der Waals surface area contributed by atoms with Crippen molar-refractivity contribution < 1.29 is 0 Å². The molecule has 0 amide bonds. The van der Waals surface area contributed by atoms with E-state index in [2.05, 4.69) is 46.7 Å². The van der Waals surface area contributed by atoms with Crippen LogP contribution in [0.4, 0.5) is 0 Å². The third-order valence-corrected chi connectivity index (χ3v) is 5.30. The minimum absolute atomic E-state index is 0.640. The lowest BCUT2D eigenvalue weighted by Gasteiger charge is -2.24. The first-order valence-corrected chi connectivity index (χ1v) is 7.13. The van der Waals surface area contributed by atoms with Gasteiger partial charge in [-0.25, -0.2) is 0 Å². The summed E-state index contributed by atoms with van der Waals surface area (Å²) in [5, 5.41) is 1.19. The van der Waals surface area contributed by atoms with E-state index in [1.165, 1.54) is 37.8 Å². The zero-order valence-corrected chi connectivity index (χ0v) is 11.8. The zero-order chi connectivity index (χ0) is 11.1. The van der Waals surface area contributed by atoms with E-state index in [0.29, 0.717) is 5.41 Å². The largest absolute Gasteiger partial charge is 0.305 e. The summed E-state index contributed by atoms with van der Waals surface area (Å²) in [4.78, 5) is 5.06. The van der Waals surface area contributed by atoms with Gasteiger partial charge in [0.05, 0.1) is 0 Å². The van der Waals surface area contributed by atoms with Crippen molar-refractivity contribution in [1.29, 1.82) is 0 Å². The number of alkyl halides is 1. The van der Waals surface area contributed by atoms with Crippen LogP contribution < -0.4 is 0 Å². The summed E-state index contributed by atoms with van der Waals surface area (Å²) >= 11 is 3.66. The summed E-state index contributed by atoms with van der Waals surface area (Å²) in [6.45, 7) is 6.26. The first-order valence-electron chi connectivity index (χ1n) is 6.01. The van der Waals surface area contributed by atoms with Gasteiger partial charge < -0.3 is 9.80 Å². The van der Waals surface area contributed by atoms with Gasteiger partial charge in [0.25, 0.3) is 0 Å². The lowest BCUT2D eigenvalue weighted by Crippen LogP contribution is -2.35. The molecule has 2 atom stereocenters. The van der Waals surface area contributed by atoms with Crippen molar-refractivity contribution >= 4 is 15.9 Å². The highest BCUT2D eigenvalue weighted by molar-refractivity contribution is 9.09. The Kier molecular flexibility index (Phi) is 3.44. The molecule has 1 aliphatic heterocycles. The van der Waals surface area contributed by atoms with Crippen molar-refractivity contribution in [2.75, 3.05) is 39.1 Å². The number of rotatable bonds is 4. The monoisotopic (exact) mass is 274 g/mol. The van der Waals surface area contributed by atoms with Gasteiger partial charge >= 0.3 is 0 Å². The molecule has 0 aromatic heterocycles. The molecule has 88 valence electrons. The van der Waals surface area contributed by atoms with Gasteiger partial charge in [0.15, 0.2) is 0 Å². The van der Waals surface area contributed by atoms with E-state index in [-0.39, 0.29) is 0 Å². The average molecular weight is 275 g/mol. The summed E-state index contributed by atoms with van der Waals surface area (Å²) in [5.41, 5.74) is 0.640. The minimum Gasteiger partial charge on any atom is -0.305 e. The van der Waals surface area contributed by atoms with Gasteiger partial charge in [0.1, 0.15) is 0 Å². The number of nitrogens with zero attached hydrogens (tertiary/aromatic N) is 2. The van der Waals surface area contributed by atoms with Crippen LogP contribution in [0, 0.1) is 11.3 Å². The Morgan fingerprint density at radius 3 is 2.40 bits per heavy atom.